The molecule has 3 nitrogen and oxygen atoms in total. The molecule has 1 aliphatic heterocycles. The van der Waals surface area contributed by atoms with Crippen LogP contribution in [-0.2, 0) is 11.3 Å². The standard InChI is InChI=1S/C15H21ClN2O/c1-11(19)17-10-13-9-14(16)3-4-15(13)12-5-7-18(2)8-6-12/h3-4,9,12H,5-8,10H2,1-2H3,(H,17,19). The van der Waals surface area contributed by atoms with Crippen molar-refractivity contribution in [3.63, 3.8) is 0 Å². The maximum Gasteiger partial charge on any atom is 0.217 e. The Bertz CT molecular complexity index is 453. The van der Waals surface area contributed by atoms with E-state index in [2.05, 4.69) is 23.3 Å². The second kappa shape index (κ2) is 6.40. The summed E-state index contributed by atoms with van der Waals surface area (Å²) >= 11 is 6.07. The molecule has 0 saturated carbocycles. The second-order valence-corrected chi connectivity index (χ2v) is 5.77. The molecule has 1 heterocycles. The molecule has 19 heavy (non-hydrogen) atoms. The molecule has 0 spiro atoms. The third-order valence-corrected chi connectivity index (χ3v) is 4.03. The van der Waals surface area contributed by atoms with Crippen molar-refractivity contribution in [3.05, 3.63) is 34.3 Å². The second-order valence-electron chi connectivity index (χ2n) is 5.33. The Morgan fingerprint density at radius 1 is 1.42 bits per heavy atom. The predicted molar refractivity (Wildman–Crippen MR) is 78.4 cm³/mol. The smallest absolute Gasteiger partial charge is 0.217 e. The van der Waals surface area contributed by atoms with Crippen molar-refractivity contribution in [1.82, 2.24) is 10.2 Å². The van der Waals surface area contributed by atoms with Crippen LogP contribution in [0.15, 0.2) is 18.2 Å². The summed E-state index contributed by atoms with van der Waals surface area (Å²) in [7, 11) is 2.16. The van der Waals surface area contributed by atoms with Crippen LogP contribution < -0.4 is 5.32 Å². The van der Waals surface area contributed by atoms with Crippen molar-refractivity contribution in [3.8, 4) is 0 Å². The molecule has 1 aromatic carbocycles. The molecular formula is C15H21ClN2O. The number of halogens is 1. The molecule has 0 atom stereocenters. The van der Waals surface area contributed by atoms with Crippen molar-refractivity contribution in [2.24, 2.45) is 0 Å². The molecule has 0 radical (unpaired) electrons. The fourth-order valence-corrected chi connectivity index (χ4v) is 2.86. The van der Waals surface area contributed by atoms with Crippen molar-refractivity contribution < 1.29 is 4.79 Å². The SMILES string of the molecule is CC(=O)NCc1cc(Cl)ccc1C1CCN(C)CC1. The molecule has 1 N–H and O–H groups in total. The molecule has 0 aliphatic carbocycles. The minimum atomic E-state index is -0.00527. The van der Waals surface area contributed by atoms with Gasteiger partial charge in [-0.1, -0.05) is 17.7 Å². The summed E-state index contributed by atoms with van der Waals surface area (Å²) < 4.78 is 0. The summed E-state index contributed by atoms with van der Waals surface area (Å²) in [4.78, 5) is 13.4. The lowest BCUT2D eigenvalue weighted by molar-refractivity contribution is -0.119. The van der Waals surface area contributed by atoms with Crippen molar-refractivity contribution in [2.45, 2.75) is 32.2 Å². The van der Waals surface area contributed by atoms with Crippen molar-refractivity contribution in [2.75, 3.05) is 20.1 Å². The van der Waals surface area contributed by atoms with Crippen LogP contribution in [0.3, 0.4) is 0 Å². The number of hydrogen-bond acceptors (Lipinski definition) is 2. The maximum absolute atomic E-state index is 11.1. The Hall–Kier alpha value is -1.06. The van der Waals surface area contributed by atoms with E-state index in [0.29, 0.717) is 12.5 Å². The van der Waals surface area contributed by atoms with Gasteiger partial charge in [0.15, 0.2) is 0 Å². The average Bonchev–Trinajstić information content (AvgIpc) is 2.38. The van der Waals surface area contributed by atoms with Gasteiger partial charge in [-0.2, -0.15) is 0 Å². The van der Waals surface area contributed by atoms with Crippen molar-refractivity contribution >= 4 is 17.5 Å². The molecule has 0 unspecified atom stereocenters. The lowest BCUT2D eigenvalue weighted by Crippen LogP contribution is -2.30. The first-order chi connectivity index (χ1) is 9.06. The zero-order chi connectivity index (χ0) is 13.8. The van der Waals surface area contributed by atoms with E-state index in [1.54, 1.807) is 6.92 Å². The fraction of sp³-hybridized carbons (Fsp3) is 0.533. The van der Waals surface area contributed by atoms with Gasteiger partial charge >= 0.3 is 0 Å². The van der Waals surface area contributed by atoms with Gasteiger partial charge in [-0.15, -0.1) is 0 Å². The topological polar surface area (TPSA) is 32.3 Å². The molecule has 1 saturated heterocycles. The average molecular weight is 281 g/mol. The number of hydrogen-bond donors (Lipinski definition) is 1. The summed E-state index contributed by atoms with van der Waals surface area (Å²) in [6, 6.07) is 6.05. The maximum atomic E-state index is 11.1. The van der Waals surface area contributed by atoms with E-state index in [9.17, 15) is 4.79 Å². The number of piperidine rings is 1. The Labute approximate surface area is 119 Å². The van der Waals surface area contributed by atoms with Crippen LogP contribution >= 0.6 is 11.6 Å². The minimum absolute atomic E-state index is 0.00527. The van der Waals surface area contributed by atoms with E-state index in [0.717, 1.165) is 23.7 Å². The highest BCUT2D eigenvalue weighted by Crippen LogP contribution is 2.31. The molecule has 104 valence electrons. The first-order valence-electron chi connectivity index (χ1n) is 6.77. The molecule has 1 amide bonds. The minimum Gasteiger partial charge on any atom is -0.352 e. The highest BCUT2D eigenvalue weighted by atomic mass is 35.5. The van der Waals surface area contributed by atoms with Crippen LogP contribution in [0.25, 0.3) is 0 Å². The molecule has 0 aromatic heterocycles. The van der Waals surface area contributed by atoms with Crippen LogP contribution in [0.5, 0.6) is 0 Å². The van der Waals surface area contributed by atoms with Crippen LogP contribution in [0.1, 0.15) is 36.8 Å². The summed E-state index contributed by atoms with van der Waals surface area (Å²) in [5, 5.41) is 3.60. The number of amides is 1. The number of carbonyl (C=O) groups excluding carboxylic acids is 1. The Morgan fingerprint density at radius 2 is 2.11 bits per heavy atom. The number of nitrogens with zero attached hydrogens (tertiary/aromatic N) is 1. The van der Waals surface area contributed by atoms with Gasteiger partial charge in [-0.3, -0.25) is 4.79 Å². The van der Waals surface area contributed by atoms with Gasteiger partial charge in [0.1, 0.15) is 0 Å². The number of benzene rings is 1. The summed E-state index contributed by atoms with van der Waals surface area (Å²) in [5.74, 6) is 0.575. The number of nitrogens with one attached hydrogen (secondary N) is 1. The van der Waals surface area contributed by atoms with Gasteiger partial charge in [-0.25, -0.2) is 0 Å². The molecule has 2 rings (SSSR count). The third-order valence-electron chi connectivity index (χ3n) is 3.79. The Kier molecular flexibility index (Phi) is 4.83. The summed E-state index contributed by atoms with van der Waals surface area (Å²) in [5.41, 5.74) is 2.49. The van der Waals surface area contributed by atoms with E-state index in [1.807, 2.05) is 12.1 Å². The lowest BCUT2D eigenvalue weighted by Gasteiger charge is -2.30. The normalized spacial score (nSPS) is 17.4. The Balaban J connectivity index is 2.16. The van der Waals surface area contributed by atoms with Crippen LogP contribution in [-0.4, -0.2) is 30.9 Å². The molecule has 1 fully saturated rings. The highest BCUT2D eigenvalue weighted by Gasteiger charge is 2.20. The monoisotopic (exact) mass is 280 g/mol. The van der Waals surface area contributed by atoms with E-state index >= 15 is 0 Å². The summed E-state index contributed by atoms with van der Waals surface area (Å²) in [6.07, 6.45) is 2.34. The van der Waals surface area contributed by atoms with Gasteiger partial charge in [0, 0.05) is 18.5 Å². The lowest BCUT2D eigenvalue weighted by atomic mass is 9.86. The quantitative estimate of drug-likeness (QED) is 0.923. The fourth-order valence-electron chi connectivity index (χ4n) is 2.66. The van der Waals surface area contributed by atoms with Crippen LogP contribution in [0.2, 0.25) is 5.02 Å². The van der Waals surface area contributed by atoms with Gasteiger partial charge in [0.05, 0.1) is 0 Å². The van der Waals surface area contributed by atoms with Gasteiger partial charge in [-0.05, 0) is 62.2 Å². The number of carbonyl (C=O) groups is 1. The first kappa shape index (κ1) is 14.4. The first-order valence-corrected chi connectivity index (χ1v) is 7.15. The van der Waals surface area contributed by atoms with E-state index < -0.39 is 0 Å². The highest BCUT2D eigenvalue weighted by molar-refractivity contribution is 6.30. The molecule has 0 bridgehead atoms. The molecular weight excluding hydrogens is 260 g/mol. The number of rotatable bonds is 3. The Morgan fingerprint density at radius 3 is 2.74 bits per heavy atom. The van der Waals surface area contributed by atoms with Crippen LogP contribution in [0, 0.1) is 0 Å². The van der Waals surface area contributed by atoms with Crippen LogP contribution in [0.4, 0.5) is 0 Å². The third kappa shape index (κ3) is 3.95. The molecule has 4 heteroatoms. The predicted octanol–water partition coefficient (Wildman–Crippen LogP) is 2.79. The van der Waals surface area contributed by atoms with E-state index in [1.165, 1.54) is 18.4 Å². The summed E-state index contributed by atoms with van der Waals surface area (Å²) in [6.45, 7) is 4.37. The van der Waals surface area contributed by atoms with Crippen molar-refractivity contribution in [1.29, 1.82) is 0 Å². The van der Waals surface area contributed by atoms with Gasteiger partial charge < -0.3 is 10.2 Å². The molecule has 1 aliphatic rings. The number of likely N-dealkylation sites (tertiary alicyclic amines) is 1. The largest absolute Gasteiger partial charge is 0.352 e. The van der Waals surface area contributed by atoms with Gasteiger partial charge in [0.25, 0.3) is 0 Å². The van der Waals surface area contributed by atoms with Gasteiger partial charge in [0.2, 0.25) is 5.91 Å². The zero-order valence-corrected chi connectivity index (χ0v) is 12.3. The van der Waals surface area contributed by atoms with E-state index in [-0.39, 0.29) is 5.91 Å². The molecule has 1 aromatic rings. The van der Waals surface area contributed by atoms with E-state index in [4.69, 9.17) is 11.6 Å². The zero-order valence-electron chi connectivity index (χ0n) is 11.6.